The quantitative estimate of drug-likeness (QED) is 0.782. The Kier molecular flexibility index (Phi) is 4.92. The van der Waals surface area contributed by atoms with Crippen LogP contribution < -0.4 is 0 Å². The molecule has 30 heavy (non-hydrogen) atoms. The minimum absolute atomic E-state index is 0.109. The number of likely N-dealkylation sites (tertiary alicyclic amines) is 2. The third-order valence-electron chi connectivity index (χ3n) is 7.66. The number of carbonyl (C=O) groups is 2. The van der Waals surface area contributed by atoms with Gasteiger partial charge in [0.1, 0.15) is 5.69 Å². The van der Waals surface area contributed by atoms with Crippen molar-refractivity contribution in [2.75, 3.05) is 26.2 Å². The van der Waals surface area contributed by atoms with E-state index in [-0.39, 0.29) is 11.3 Å². The molecule has 3 aliphatic rings. The molecule has 1 aromatic carbocycles. The monoisotopic (exact) mass is 405 g/mol. The Balaban J connectivity index is 1.32. The van der Waals surface area contributed by atoms with Gasteiger partial charge in [0, 0.05) is 45.8 Å². The zero-order valence-corrected chi connectivity index (χ0v) is 17.8. The van der Waals surface area contributed by atoms with Crippen LogP contribution in [0.1, 0.15) is 66.1 Å². The van der Waals surface area contributed by atoms with Crippen molar-refractivity contribution in [2.24, 2.45) is 7.05 Å². The van der Waals surface area contributed by atoms with Crippen LogP contribution in [-0.2, 0) is 17.3 Å². The molecule has 5 heteroatoms. The van der Waals surface area contributed by atoms with Crippen LogP contribution in [0.3, 0.4) is 0 Å². The Hall–Kier alpha value is -2.56. The highest BCUT2D eigenvalue weighted by atomic mass is 16.2. The minimum Gasteiger partial charge on any atom is -0.347 e. The number of hydrogen-bond donors (Lipinski definition) is 0. The first-order valence-corrected chi connectivity index (χ1v) is 11.4. The summed E-state index contributed by atoms with van der Waals surface area (Å²) in [6.07, 6.45) is 7.84. The molecule has 158 valence electrons. The molecule has 0 unspecified atom stereocenters. The zero-order valence-electron chi connectivity index (χ0n) is 17.8. The van der Waals surface area contributed by atoms with E-state index in [0.29, 0.717) is 18.2 Å². The van der Waals surface area contributed by atoms with E-state index < -0.39 is 0 Å². The fourth-order valence-electron chi connectivity index (χ4n) is 5.97. The largest absolute Gasteiger partial charge is 0.347 e. The van der Waals surface area contributed by atoms with Crippen LogP contribution in [0.2, 0.25) is 0 Å². The van der Waals surface area contributed by atoms with Gasteiger partial charge in [-0.2, -0.15) is 0 Å². The lowest BCUT2D eigenvalue weighted by Gasteiger charge is -2.40. The topological polar surface area (TPSA) is 45.6 Å². The van der Waals surface area contributed by atoms with Gasteiger partial charge < -0.3 is 14.4 Å². The van der Waals surface area contributed by atoms with Gasteiger partial charge in [-0.1, -0.05) is 24.3 Å². The van der Waals surface area contributed by atoms with Gasteiger partial charge in [-0.15, -0.1) is 0 Å². The molecular weight excluding hydrogens is 374 g/mol. The van der Waals surface area contributed by atoms with Crippen molar-refractivity contribution in [3.05, 3.63) is 59.4 Å². The van der Waals surface area contributed by atoms with E-state index in [0.717, 1.165) is 64.0 Å². The Morgan fingerprint density at radius 3 is 2.40 bits per heavy atom. The highest BCUT2D eigenvalue weighted by Gasteiger charge is 2.46. The highest BCUT2D eigenvalue weighted by molar-refractivity contribution is 5.92. The second-order valence-electron chi connectivity index (χ2n) is 9.36. The standard InChI is InChI=1S/C25H31N3O2/c1-26-12-6-9-22(26)24(30)28-15-10-25(11-16-28)18-19(20-7-2-3-8-21(20)25)17-23(29)27-13-4-5-14-27/h2-3,6-9,12,19H,4-5,10-11,13-18H2,1H3/t19-/m1/s1. The molecule has 1 spiro atoms. The molecule has 1 atom stereocenters. The summed E-state index contributed by atoms with van der Waals surface area (Å²) in [6, 6.07) is 12.6. The van der Waals surface area contributed by atoms with Crippen LogP contribution in [0.15, 0.2) is 42.6 Å². The normalized spacial score (nSPS) is 22.5. The molecule has 5 rings (SSSR count). The summed E-state index contributed by atoms with van der Waals surface area (Å²) in [5.41, 5.74) is 3.66. The number of piperidine rings is 1. The average Bonchev–Trinajstić information content (AvgIpc) is 3.50. The van der Waals surface area contributed by atoms with E-state index in [2.05, 4.69) is 29.2 Å². The van der Waals surface area contributed by atoms with Gasteiger partial charge in [-0.05, 0) is 66.7 Å². The third kappa shape index (κ3) is 3.24. The molecule has 2 saturated heterocycles. The Morgan fingerprint density at radius 2 is 1.70 bits per heavy atom. The first-order chi connectivity index (χ1) is 14.6. The lowest BCUT2D eigenvalue weighted by Crippen LogP contribution is -2.44. The number of rotatable bonds is 3. The van der Waals surface area contributed by atoms with Gasteiger partial charge in [-0.25, -0.2) is 0 Å². The van der Waals surface area contributed by atoms with Crippen molar-refractivity contribution in [1.29, 1.82) is 0 Å². The van der Waals surface area contributed by atoms with E-state index in [1.165, 1.54) is 11.1 Å². The van der Waals surface area contributed by atoms with Crippen molar-refractivity contribution >= 4 is 11.8 Å². The van der Waals surface area contributed by atoms with Gasteiger partial charge >= 0.3 is 0 Å². The van der Waals surface area contributed by atoms with E-state index in [4.69, 9.17) is 0 Å². The van der Waals surface area contributed by atoms with Gasteiger partial charge in [0.05, 0.1) is 0 Å². The van der Waals surface area contributed by atoms with E-state index in [1.54, 1.807) is 0 Å². The summed E-state index contributed by atoms with van der Waals surface area (Å²) in [4.78, 5) is 29.9. The van der Waals surface area contributed by atoms with Crippen molar-refractivity contribution < 1.29 is 9.59 Å². The van der Waals surface area contributed by atoms with E-state index >= 15 is 0 Å². The van der Waals surface area contributed by atoms with Crippen LogP contribution in [0.5, 0.6) is 0 Å². The fourth-order valence-corrected chi connectivity index (χ4v) is 5.97. The minimum atomic E-state index is 0.109. The van der Waals surface area contributed by atoms with E-state index in [1.807, 2.05) is 34.8 Å². The van der Waals surface area contributed by atoms with E-state index in [9.17, 15) is 9.59 Å². The summed E-state index contributed by atoms with van der Waals surface area (Å²) in [5, 5.41) is 0. The van der Waals surface area contributed by atoms with Crippen LogP contribution in [0.25, 0.3) is 0 Å². The Labute approximate surface area is 178 Å². The van der Waals surface area contributed by atoms with Crippen LogP contribution in [-0.4, -0.2) is 52.4 Å². The van der Waals surface area contributed by atoms with Gasteiger partial charge in [0.2, 0.25) is 5.91 Å². The molecule has 1 aliphatic carbocycles. The summed E-state index contributed by atoms with van der Waals surface area (Å²) in [7, 11) is 1.92. The molecule has 2 aliphatic heterocycles. The first kappa shape index (κ1) is 19.4. The van der Waals surface area contributed by atoms with Crippen molar-refractivity contribution in [3.8, 4) is 0 Å². The Morgan fingerprint density at radius 1 is 0.967 bits per heavy atom. The van der Waals surface area contributed by atoms with Crippen LogP contribution >= 0.6 is 0 Å². The number of carbonyl (C=O) groups excluding carboxylic acids is 2. The number of fused-ring (bicyclic) bond motifs is 2. The molecule has 5 nitrogen and oxygen atoms in total. The fraction of sp³-hybridized carbons (Fsp3) is 0.520. The first-order valence-electron chi connectivity index (χ1n) is 11.4. The van der Waals surface area contributed by atoms with Crippen LogP contribution in [0, 0.1) is 0 Å². The summed E-state index contributed by atoms with van der Waals surface area (Å²) >= 11 is 0. The second-order valence-corrected chi connectivity index (χ2v) is 9.36. The lowest BCUT2D eigenvalue weighted by atomic mass is 9.73. The molecule has 0 saturated carbocycles. The van der Waals surface area contributed by atoms with Crippen molar-refractivity contribution in [1.82, 2.24) is 14.4 Å². The molecule has 2 fully saturated rings. The summed E-state index contributed by atoms with van der Waals surface area (Å²) in [6.45, 7) is 3.42. The molecule has 2 amide bonds. The van der Waals surface area contributed by atoms with Crippen molar-refractivity contribution in [2.45, 2.75) is 49.9 Å². The van der Waals surface area contributed by atoms with Gasteiger partial charge in [-0.3, -0.25) is 9.59 Å². The van der Waals surface area contributed by atoms with Gasteiger partial charge in [0.25, 0.3) is 5.91 Å². The molecule has 0 N–H and O–H groups in total. The number of hydrogen-bond acceptors (Lipinski definition) is 2. The zero-order chi connectivity index (χ0) is 20.7. The number of amides is 2. The average molecular weight is 406 g/mol. The number of nitrogens with zero attached hydrogens (tertiary/aromatic N) is 3. The van der Waals surface area contributed by atoms with Gasteiger partial charge in [0.15, 0.2) is 0 Å². The molecule has 2 aromatic rings. The molecular formula is C25H31N3O2. The maximum Gasteiger partial charge on any atom is 0.270 e. The molecule has 3 heterocycles. The predicted octanol–water partition coefficient (Wildman–Crippen LogP) is 3.70. The molecule has 0 bridgehead atoms. The van der Waals surface area contributed by atoms with Crippen molar-refractivity contribution in [3.63, 3.8) is 0 Å². The molecule has 0 radical (unpaired) electrons. The number of benzene rings is 1. The summed E-state index contributed by atoms with van der Waals surface area (Å²) in [5.74, 6) is 0.759. The summed E-state index contributed by atoms with van der Waals surface area (Å²) < 4.78 is 1.90. The maximum atomic E-state index is 12.9. The van der Waals surface area contributed by atoms with Crippen LogP contribution in [0.4, 0.5) is 0 Å². The number of aryl methyl sites for hydroxylation is 1. The third-order valence-corrected chi connectivity index (χ3v) is 7.66. The SMILES string of the molecule is Cn1cccc1C(=O)N1CCC2(CC1)C[C@@H](CC(=O)N1CCCC1)c1ccccc12. The number of aromatic nitrogens is 1. The maximum absolute atomic E-state index is 12.9. The smallest absolute Gasteiger partial charge is 0.270 e. The Bertz CT molecular complexity index is 949. The highest BCUT2D eigenvalue weighted by Crippen LogP contribution is 2.52. The molecule has 1 aromatic heterocycles. The lowest BCUT2D eigenvalue weighted by molar-refractivity contribution is -0.130. The predicted molar refractivity (Wildman–Crippen MR) is 116 cm³/mol. The second kappa shape index (κ2) is 7.60.